The number of nitrogens with one attached hydrogen (secondary N) is 1. The van der Waals surface area contributed by atoms with Crippen LogP contribution in [0.3, 0.4) is 0 Å². The molecule has 2 N–H and O–H groups in total. The summed E-state index contributed by atoms with van der Waals surface area (Å²) in [6, 6.07) is 8.78. The highest BCUT2D eigenvalue weighted by atomic mass is 35.5. The summed E-state index contributed by atoms with van der Waals surface area (Å²) in [5, 5.41) is 13.2. The fourth-order valence-electron chi connectivity index (χ4n) is 2.34. The minimum atomic E-state index is -1.03. The van der Waals surface area contributed by atoms with Gasteiger partial charge < -0.3 is 15.3 Å². The summed E-state index contributed by atoms with van der Waals surface area (Å²) < 4.78 is 0. The molecule has 128 valence electrons. The van der Waals surface area contributed by atoms with Gasteiger partial charge in [-0.15, -0.1) is 0 Å². The van der Waals surface area contributed by atoms with Crippen LogP contribution in [-0.2, 0) is 5.41 Å². The summed E-state index contributed by atoms with van der Waals surface area (Å²) >= 11 is 6.28. The van der Waals surface area contributed by atoms with Crippen LogP contribution in [-0.4, -0.2) is 30.2 Å². The van der Waals surface area contributed by atoms with Crippen LogP contribution in [0.1, 0.15) is 36.8 Å². The van der Waals surface area contributed by atoms with Gasteiger partial charge in [-0.1, -0.05) is 38.4 Å². The molecule has 0 spiro atoms. The van der Waals surface area contributed by atoms with Gasteiger partial charge >= 0.3 is 5.97 Å². The number of pyridine rings is 1. The SMILES string of the molecule is CN(C)c1c(Cl)cccc1Nc1nc(C(C)(C)C)ccc1C(=O)O. The molecule has 0 amide bonds. The van der Waals surface area contributed by atoms with Gasteiger partial charge in [0.05, 0.1) is 16.4 Å². The monoisotopic (exact) mass is 347 g/mol. The molecule has 5 nitrogen and oxygen atoms in total. The molecule has 0 aliphatic rings. The fraction of sp³-hybridized carbons (Fsp3) is 0.333. The van der Waals surface area contributed by atoms with E-state index in [0.717, 1.165) is 11.4 Å². The van der Waals surface area contributed by atoms with E-state index < -0.39 is 5.97 Å². The number of carboxylic acid groups (broad SMARTS) is 1. The predicted octanol–water partition coefficient (Wildman–Crippen LogP) is 4.54. The zero-order valence-electron chi connectivity index (χ0n) is 14.5. The Hall–Kier alpha value is -2.27. The van der Waals surface area contributed by atoms with Gasteiger partial charge in [0.2, 0.25) is 0 Å². The zero-order valence-corrected chi connectivity index (χ0v) is 15.3. The minimum Gasteiger partial charge on any atom is -0.478 e. The molecule has 24 heavy (non-hydrogen) atoms. The van der Waals surface area contributed by atoms with Crippen LogP contribution >= 0.6 is 11.6 Å². The van der Waals surface area contributed by atoms with Crippen molar-refractivity contribution in [1.82, 2.24) is 4.98 Å². The lowest BCUT2D eigenvalue weighted by molar-refractivity contribution is 0.0697. The summed E-state index contributed by atoms with van der Waals surface area (Å²) in [5.74, 6) is -0.723. The molecule has 1 aromatic heterocycles. The second kappa shape index (κ2) is 6.69. The number of rotatable bonds is 4. The van der Waals surface area contributed by atoms with Crippen LogP contribution in [0.4, 0.5) is 17.2 Å². The molecule has 0 aliphatic carbocycles. The van der Waals surface area contributed by atoms with Crippen LogP contribution in [0.5, 0.6) is 0 Å². The van der Waals surface area contributed by atoms with E-state index in [0.29, 0.717) is 16.5 Å². The van der Waals surface area contributed by atoms with Crippen LogP contribution in [0.15, 0.2) is 30.3 Å². The minimum absolute atomic E-state index is 0.118. The normalized spacial score (nSPS) is 11.2. The van der Waals surface area contributed by atoms with E-state index in [2.05, 4.69) is 10.3 Å². The molecule has 0 atom stereocenters. The Bertz CT molecular complexity index is 767. The number of aromatic nitrogens is 1. The van der Waals surface area contributed by atoms with E-state index >= 15 is 0 Å². The van der Waals surface area contributed by atoms with Crippen molar-refractivity contribution < 1.29 is 9.90 Å². The first-order valence-corrected chi connectivity index (χ1v) is 7.96. The molecular weight excluding hydrogens is 326 g/mol. The first kappa shape index (κ1) is 18.1. The number of carbonyl (C=O) groups is 1. The van der Waals surface area contributed by atoms with E-state index in [1.54, 1.807) is 18.2 Å². The first-order valence-electron chi connectivity index (χ1n) is 7.59. The second-order valence-electron chi connectivity index (χ2n) is 6.80. The quantitative estimate of drug-likeness (QED) is 0.850. The Morgan fingerprint density at radius 3 is 2.42 bits per heavy atom. The number of hydrogen-bond donors (Lipinski definition) is 2. The van der Waals surface area contributed by atoms with Crippen molar-refractivity contribution in [1.29, 1.82) is 0 Å². The van der Waals surface area contributed by atoms with Crippen molar-refractivity contribution in [2.45, 2.75) is 26.2 Å². The summed E-state index contributed by atoms with van der Waals surface area (Å²) in [7, 11) is 3.76. The molecule has 0 fully saturated rings. The van der Waals surface area contributed by atoms with E-state index in [-0.39, 0.29) is 11.0 Å². The van der Waals surface area contributed by atoms with Gasteiger partial charge in [-0.2, -0.15) is 0 Å². The summed E-state index contributed by atoms with van der Waals surface area (Å²) in [5.41, 5.74) is 2.22. The van der Waals surface area contributed by atoms with E-state index in [1.165, 1.54) is 0 Å². The standard InChI is InChI=1S/C18H22ClN3O2/c1-18(2,3)14-10-9-11(17(23)24)16(21-14)20-13-8-6-7-12(19)15(13)22(4)5/h6-10H,1-5H3,(H,20,21)(H,23,24). The number of hydrogen-bond acceptors (Lipinski definition) is 4. The Labute approximate surface area is 147 Å². The molecule has 0 aliphatic heterocycles. The Morgan fingerprint density at radius 2 is 1.88 bits per heavy atom. The highest BCUT2D eigenvalue weighted by Gasteiger charge is 2.21. The molecule has 6 heteroatoms. The van der Waals surface area contributed by atoms with Crippen LogP contribution in [0.2, 0.25) is 5.02 Å². The number of aromatic carboxylic acids is 1. The number of carboxylic acids is 1. The largest absolute Gasteiger partial charge is 0.478 e. The molecule has 2 rings (SSSR count). The summed E-state index contributed by atoms with van der Waals surface area (Å²) in [4.78, 5) is 18.0. The van der Waals surface area contributed by atoms with Crippen molar-refractivity contribution in [2.24, 2.45) is 0 Å². The Morgan fingerprint density at radius 1 is 1.21 bits per heavy atom. The molecule has 0 radical (unpaired) electrons. The van der Waals surface area contributed by atoms with Crippen molar-refractivity contribution in [3.63, 3.8) is 0 Å². The van der Waals surface area contributed by atoms with Gasteiger partial charge in [-0.05, 0) is 24.3 Å². The van der Waals surface area contributed by atoms with Crippen molar-refractivity contribution in [2.75, 3.05) is 24.3 Å². The Kier molecular flexibility index (Phi) is 5.04. The third-order valence-corrected chi connectivity index (χ3v) is 3.89. The Balaban J connectivity index is 2.57. The maximum atomic E-state index is 11.5. The van der Waals surface area contributed by atoms with E-state index in [9.17, 15) is 9.90 Å². The number of halogens is 1. The number of anilines is 3. The smallest absolute Gasteiger partial charge is 0.339 e. The molecule has 0 saturated heterocycles. The highest BCUT2D eigenvalue weighted by molar-refractivity contribution is 6.34. The van der Waals surface area contributed by atoms with E-state index in [1.807, 2.05) is 51.9 Å². The molecular formula is C18H22ClN3O2. The third-order valence-electron chi connectivity index (χ3n) is 3.58. The van der Waals surface area contributed by atoms with Gasteiger partial charge in [-0.3, -0.25) is 0 Å². The number of benzene rings is 1. The predicted molar refractivity (Wildman–Crippen MR) is 99.0 cm³/mol. The third kappa shape index (κ3) is 3.79. The molecule has 1 aromatic carbocycles. The second-order valence-corrected chi connectivity index (χ2v) is 7.21. The summed E-state index contributed by atoms with van der Waals surface area (Å²) in [6.07, 6.45) is 0. The van der Waals surface area contributed by atoms with Gasteiger partial charge in [-0.25, -0.2) is 9.78 Å². The lowest BCUT2D eigenvalue weighted by Gasteiger charge is -2.22. The maximum absolute atomic E-state index is 11.5. The van der Waals surface area contributed by atoms with Crippen molar-refractivity contribution >= 4 is 34.8 Å². The van der Waals surface area contributed by atoms with Gasteiger partial charge in [0.1, 0.15) is 11.4 Å². The van der Waals surface area contributed by atoms with Crippen molar-refractivity contribution in [3.05, 3.63) is 46.6 Å². The molecule has 0 unspecified atom stereocenters. The average molecular weight is 348 g/mol. The van der Waals surface area contributed by atoms with Crippen molar-refractivity contribution in [3.8, 4) is 0 Å². The highest BCUT2D eigenvalue weighted by Crippen LogP contribution is 2.35. The molecule has 0 bridgehead atoms. The van der Waals surface area contributed by atoms with Gasteiger partial charge in [0.15, 0.2) is 0 Å². The van der Waals surface area contributed by atoms with Crippen LogP contribution < -0.4 is 10.2 Å². The fourth-order valence-corrected chi connectivity index (χ4v) is 2.69. The summed E-state index contributed by atoms with van der Waals surface area (Å²) in [6.45, 7) is 6.10. The molecule has 1 heterocycles. The first-order chi connectivity index (χ1) is 11.1. The lowest BCUT2D eigenvalue weighted by Crippen LogP contribution is -2.17. The van der Waals surface area contributed by atoms with Crippen LogP contribution in [0.25, 0.3) is 0 Å². The van der Waals surface area contributed by atoms with Gasteiger partial charge in [0.25, 0.3) is 0 Å². The molecule has 0 saturated carbocycles. The lowest BCUT2D eigenvalue weighted by atomic mass is 9.91. The number of nitrogens with zero attached hydrogens (tertiary/aromatic N) is 2. The topological polar surface area (TPSA) is 65.5 Å². The van der Waals surface area contributed by atoms with E-state index in [4.69, 9.17) is 11.6 Å². The molecule has 2 aromatic rings. The number of para-hydroxylation sites is 1. The van der Waals surface area contributed by atoms with Gasteiger partial charge in [0, 0.05) is 25.2 Å². The zero-order chi connectivity index (χ0) is 18.1. The maximum Gasteiger partial charge on any atom is 0.339 e. The van der Waals surface area contributed by atoms with Crippen LogP contribution in [0, 0.1) is 0 Å². The average Bonchev–Trinajstić information content (AvgIpc) is 2.45.